The number of nitrogens with zero attached hydrogens (tertiary/aromatic N) is 2. The summed E-state index contributed by atoms with van der Waals surface area (Å²) in [6.45, 7) is 9.07. The van der Waals surface area contributed by atoms with Gasteiger partial charge in [-0.05, 0) is 61.7 Å². The fraction of sp³-hybridized carbons (Fsp3) is 0.600. The second kappa shape index (κ2) is 17.8. The molecule has 0 aliphatic heterocycles. The van der Waals surface area contributed by atoms with Crippen LogP contribution in [0.15, 0.2) is 35.7 Å². The van der Waals surface area contributed by atoms with Crippen LogP contribution in [0.5, 0.6) is 11.5 Å². The maximum atomic E-state index is 13.7. The average Bonchev–Trinajstić information content (AvgIpc) is 3.45. The molecule has 2 amide bonds. The number of unbranched alkanes of at least 4 members (excludes halogenated alkanes) is 1. The lowest BCUT2D eigenvalue weighted by Gasteiger charge is -2.30. The number of amides is 2. The van der Waals surface area contributed by atoms with Gasteiger partial charge in [-0.15, -0.1) is 11.3 Å². The normalized spacial score (nSPS) is 11.7. The van der Waals surface area contributed by atoms with E-state index in [1.54, 1.807) is 30.5 Å². The lowest BCUT2D eigenvalue weighted by Crippen LogP contribution is -2.45. The van der Waals surface area contributed by atoms with Crippen molar-refractivity contribution in [2.45, 2.75) is 65.8 Å². The molecule has 0 spiro atoms. The topological polar surface area (TPSA) is 68.3 Å². The van der Waals surface area contributed by atoms with E-state index < -0.39 is 0 Å². The molecule has 8 heteroatoms. The second-order valence-corrected chi connectivity index (χ2v) is 10.4. The molecule has 0 fully saturated rings. The van der Waals surface area contributed by atoms with E-state index in [0.717, 1.165) is 36.1 Å². The van der Waals surface area contributed by atoms with Gasteiger partial charge in [-0.25, -0.2) is 0 Å². The molecule has 0 N–H and O–H groups in total. The molecule has 1 atom stereocenters. The van der Waals surface area contributed by atoms with Gasteiger partial charge >= 0.3 is 0 Å². The molecule has 2 aromatic rings. The summed E-state index contributed by atoms with van der Waals surface area (Å²) in [6, 6.07) is 9.89. The summed E-state index contributed by atoms with van der Waals surface area (Å²) in [5, 5.41) is 2.02. The quantitative estimate of drug-likeness (QED) is 0.208. The molecular weight excluding hydrogens is 500 g/mol. The Hall–Kier alpha value is -2.58. The number of thiophene rings is 1. The van der Waals surface area contributed by atoms with Crippen molar-refractivity contribution in [3.8, 4) is 11.5 Å². The van der Waals surface area contributed by atoms with E-state index in [9.17, 15) is 9.59 Å². The molecule has 212 valence electrons. The summed E-state index contributed by atoms with van der Waals surface area (Å²) in [4.78, 5) is 32.0. The number of benzene rings is 1. The number of ether oxygens (including phenoxy) is 3. The van der Waals surface area contributed by atoms with Crippen LogP contribution in [-0.4, -0.2) is 68.7 Å². The first kappa shape index (κ1) is 31.6. The van der Waals surface area contributed by atoms with Crippen molar-refractivity contribution in [2.24, 2.45) is 5.92 Å². The van der Waals surface area contributed by atoms with Gasteiger partial charge in [0.15, 0.2) is 11.5 Å². The predicted molar refractivity (Wildman–Crippen MR) is 154 cm³/mol. The van der Waals surface area contributed by atoms with Crippen LogP contribution in [0.2, 0.25) is 0 Å². The molecule has 0 saturated carbocycles. The molecule has 1 aromatic heterocycles. The van der Waals surface area contributed by atoms with Crippen LogP contribution in [-0.2, 0) is 27.3 Å². The van der Waals surface area contributed by atoms with Crippen molar-refractivity contribution < 1.29 is 23.8 Å². The third-order valence-corrected chi connectivity index (χ3v) is 7.57. The van der Waals surface area contributed by atoms with Gasteiger partial charge in [-0.1, -0.05) is 38.8 Å². The van der Waals surface area contributed by atoms with E-state index in [0.29, 0.717) is 57.2 Å². The minimum Gasteiger partial charge on any atom is -0.493 e. The zero-order chi connectivity index (χ0) is 27.8. The van der Waals surface area contributed by atoms with Crippen molar-refractivity contribution in [2.75, 3.05) is 47.1 Å². The van der Waals surface area contributed by atoms with Crippen LogP contribution in [0.4, 0.5) is 0 Å². The van der Waals surface area contributed by atoms with E-state index in [1.807, 2.05) is 47.5 Å². The van der Waals surface area contributed by atoms with E-state index >= 15 is 0 Å². The Balaban J connectivity index is 2.18. The molecule has 0 bridgehead atoms. The minimum absolute atomic E-state index is 0.0334. The first-order valence-electron chi connectivity index (χ1n) is 13.8. The van der Waals surface area contributed by atoms with Crippen LogP contribution in [0.25, 0.3) is 0 Å². The number of hydrogen-bond donors (Lipinski definition) is 0. The van der Waals surface area contributed by atoms with E-state index in [1.165, 1.54) is 0 Å². The van der Waals surface area contributed by atoms with Crippen molar-refractivity contribution in [1.82, 2.24) is 9.80 Å². The molecule has 2 rings (SSSR count). The predicted octanol–water partition coefficient (Wildman–Crippen LogP) is 5.81. The number of hydrogen-bond acceptors (Lipinski definition) is 6. The molecular formula is C30H46N2O5S. The summed E-state index contributed by atoms with van der Waals surface area (Å²) in [5.41, 5.74) is 1.06. The SMILES string of the molecule is CCCC[C@H](CC)C(=O)N(CCCOCC)CC(=O)N(CCc1ccc(OC)c(OC)c1)Cc1cccs1. The summed E-state index contributed by atoms with van der Waals surface area (Å²) in [5.74, 6) is 1.35. The van der Waals surface area contributed by atoms with Crippen LogP contribution in [0.1, 0.15) is 63.3 Å². The molecule has 0 saturated heterocycles. The van der Waals surface area contributed by atoms with Gasteiger partial charge < -0.3 is 24.0 Å². The smallest absolute Gasteiger partial charge is 0.242 e. The van der Waals surface area contributed by atoms with Crippen LogP contribution < -0.4 is 9.47 Å². The Morgan fingerprint density at radius 3 is 2.39 bits per heavy atom. The van der Waals surface area contributed by atoms with Crippen molar-refractivity contribution in [1.29, 1.82) is 0 Å². The summed E-state index contributed by atoms with van der Waals surface area (Å²) < 4.78 is 16.3. The van der Waals surface area contributed by atoms with Crippen LogP contribution >= 0.6 is 11.3 Å². The number of methoxy groups -OCH3 is 2. The largest absolute Gasteiger partial charge is 0.493 e. The summed E-state index contributed by atoms with van der Waals surface area (Å²) in [7, 11) is 3.24. The minimum atomic E-state index is -0.0487. The zero-order valence-corrected chi connectivity index (χ0v) is 24.7. The van der Waals surface area contributed by atoms with Crippen LogP contribution in [0.3, 0.4) is 0 Å². The number of carbonyl (C=O) groups is 2. The van der Waals surface area contributed by atoms with Gasteiger partial charge in [0, 0.05) is 37.1 Å². The van der Waals surface area contributed by atoms with Gasteiger partial charge in [0.2, 0.25) is 11.8 Å². The van der Waals surface area contributed by atoms with Gasteiger partial charge in [0.1, 0.15) is 0 Å². The highest BCUT2D eigenvalue weighted by atomic mass is 32.1. The molecule has 0 unspecified atom stereocenters. The number of carbonyl (C=O) groups excluding carboxylic acids is 2. The third-order valence-electron chi connectivity index (χ3n) is 6.70. The first-order chi connectivity index (χ1) is 18.5. The Morgan fingerprint density at radius 2 is 1.76 bits per heavy atom. The van der Waals surface area contributed by atoms with Crippen molar-refractivity contribution in [3.63, 3.8) is 0 Å². The third kappa shape index (κ3) is 10.3. The number of rotatable bonds is 19. The van der Waals surface area contributed by atoms with E-state index in [2.05, 4.69) is 13.8 Å². The molecule has 1 aromatic carbocycles. The van der Waals surface area contributed by atoms with E-state index in [-0.39, 0.29) is 24.3 Å². The maximum Gasteiger partial charge on any atom is 0.242 e. The van der Waals surface area contributed by atoms with E-state index in [4.69, 9.17) is 14.2 Å². The molecule has 0 aliphatic carbocycles. The zero-order valence-electron chi connectivity index (χ0n) is 23.9. The molecule has 0 radical (unpaired) electrons. The molecule has 7 nitrogen and oxygen atoms in total. The Morgan fingerprint density at radius 1 is 0.974 bits per heavy atom. The fourth-order valence-electron chi connectivity index (χ4n) is 4.43. The van der Waals surface area contributed by atoms with Gasteiger partial charge in [0.25, 0.3) is 0 Å². The highest BCUT2D eigenvalue weighted by molar-refractivity contribution is 7.09. The summed E-state index contributed by atoms with van der Waals surface area (Å²) >= 11 is 1.64. The molecule has 38 heavy (non-hydrogen) atoms. The lowest BCUT2D eigenvalue weighted by molar-refractivity contribution is -0.143. The monoisotopic (exact) mass is 546 g/mol. The van der Waals surface area contributed by atoms with Crippen LogP contribution in [0, 0.1) is 5.92 Å². The highest BCUT2D eigenvalue weighted by Gasteiger charge is 2.26. The molecule has 1 heterocycles. The highest BCUT2D eigenvalue weighted by Crippen LogP contribution is 2.28. The standard InChI is InChI=1S/C30H46N2O5S/c1-6-9-12-25(7-2)30(34)32(17-11-19-37-8-3)23-29(33)31(22-26-13-10-20-38-26)18-16-24-14-15-27(35-4)28(21-24)36-5/h10,13-15,20-21,25H,6-9,11-12,16-19,22-23H2,1-5H3/t25-/m0/s1. The first-order valence-corrected chi connectivity index (χ1v) is 14.7. The van der Waals surface area contributed by atoms with Crippen molar-refractivity contribution >= 4 is 23.2 Å². The Kier molecular flexibility index (Phi) is 14.9. The lowest BCUT2D eigenvalue weighted by atomic mass is 9.97. The fourth-order valence-corrected chi connectivity index (χ4v) is 5.15. The average molecular weight is 547 g/mol. The summed E-state index contributed by atoms with van der Waals surface area (Å²) in [6.07, 6.45) is 5.10. The van der Waals surface area contributed by atoms with Gasteiger partial charge in [-0.2, -0.15) is 0 Å². The Labute approximate surface area is 233 Å². The maximum absolute atomic E-state index is 13.7. The Bertz CT molecular complexity index is 950. The van der Waals surface area contributed by atoms with Crippen molar-refractivity contribution in [3.05, 3.63) is 46.2 Å². The van der Waals surface area contributed by atoms with Gasteiger partial charge in [0.05, 0.1) is 27.3 Å². The second-order valence-electron chi connectivity index (χ2n) is 9.39. The molecule has 0 aliphatic rings. The van der Waals surface area contributed by atoms with Gasteiger partial charge in [-0.3, -0.25) is 9.59 Å².